The molecule has 0 saturated heterocycles. The fourth-order valence-electron chi connectivity index (χ4n) is 2.95. The van der Waals surface area contributed by atoms with Crippen LogP contribution in [0.4, 0.5) is 0 Å². The van der Waals surface area contributed by atoms with Crippen LogP contribution in [0, 0.1) is 14.9 Å². The highest BCUT2D eigenvalue weighted by Crippen LogP contribution is 2.35. The van der Waals surface area contributed by atoms with E-state index < -0.39 is 5.91 Å². The predicted molar refractivity (Wildman–Crippen MR) is 139 cm³/mol. The van der Waals surface area contributed by atoms with Crippen LogP contribution < -0.4 is 10.1 Å². The van der Waals surface area contributed by atoms with Crippen molar-refractivity contribution >= 4 is 62.1 Å². The maximum Gasteiger partial charge on any atom is 0.262 e. The molecule has 0 unspecified atom stereocenters. The number of nitriles is 1. The van der Waals surface area contributed by atoms with Crippen molar-refractivity contribution in [3.05, 3.63) is 102 Å². The lowest BCUT2D eigenvalue weighted by Gasteiger charge is -2.14. The summed E-state index contributed by atoms with van der Waals surface area (Å²) in [5, 5.41) is 12.7. The highest BCUT2D eigenvalue weighted by atomic mass is 127. The van der Waals surface area contributed by atoms with Crippen LogP contribution in [0.1, 0.15) is 29.7 Å². The first-order valence-corrected chi connectivity index (χ1v) is 12.0. The number of nitrogens with zero attached hydrogens (tertiary/aromatic N) is 1. The largest absolute Gasteiger partial charge is 0.486 e. The van der Waals surface area contributed by atoms with Crippen molar-refractivity contribution in [2.75, 3.05) is 0 Å². The van der Waals surface area contributed by atoms with Gasteiger partial charge in [0.1, 0.15) is 18.2 Å². The second-order valence-electron chi connectivity index (χ2n) is 7.00. The summed E-state index contributed by atoms with van der Waals surface area (Å²) in [5.41, 5.74) is 2.58. The summed E-state index contributed by atoms with van der Waals surface area (Å²) in [7, 11) is 0. The van der Waals surface area contributed by atoms with Gasteiger partial charge >= 0.3 is 0 Å². The molecular weight excluding hydrogens is 603 g/mol. The minimum Gasteiger partial charge on any atom is -0.486 e. The van der Waals surface area contributed by atoms with Crippen LogP contribution in [0.25, 0.3) is 6.08 Å². The van der Waals surface area contributed by atoms with Crippen molar-refractivity contribution in [1.82, 2.24) is 5.32 Å². The van der Waals surface area contributed by atoms with Crippen molar-refractivity contribution in [1.29, 1.82) is 5.26 Å². The Labute approximate surface area is 214 Å². The molecule has 0 aromatic heterocycles. The second kappa shape index (κ2) is 11.5. The lowest BCUT2D eigenvalue weighted by Crippen LogP contribution is -2.27. The molecule has 0 aliphatic rings. The van der Waals surface area contributed by atoms with E-state index in [0.29, 0.717) is 27.4 Å². The predicted octanol–water partition coefficient (Wildman–Crippen LogP) is 7.07. The fourth-order valence-corrected chi connectivity index (χ4v) is 4.30. The Balaban J connectivity index is 1.74. The molecule has 0 aliphatic carbocycles. The topological polar surface area (TPSA) is 62.1 Å². The summed E-state index contributed by atoms with van der Waals surface area (Å²) < 4.78 is 7.67. The monoisotopic (exact) mass is 620 g/mol. The molecule has 162 valence electrons. The summed E-state index contributed by atoms with van der Waals surface area (Å²) in [6, 6.07) is 22.7. The molecule has 0 fully saturated rings. The molecule has 32 heavy (non-hydrogen) atoms. The SMILES string of the molecule is C[C@@H](NC(=O)/C(C#N)=C\c1cc(Cl)c(OCc2ccc(I)cc2)c(Br)c1)c1ccccc1. The zero-order valence-corrected chi connectivity index (χ0v) is 21.6. The second-order valence-corrected chi connectivity index (χ2v) is 9.51. The number of halogens is 3. The first-order chi connectivity index (χ1) is 15.4. The lowest BCUT2D eigenvalue weighted by atomic mass is 10.1. The molecule has 3 aromatic rings. The lowest BCUT2D eigenvalue weighted by molar-refractivity contribution is -0.117. The summed E-state index contributed by atoms with van der Waals surface area (Å²) in [6.45, 7) is 2.24. The van der Waals surface area contributed by atoms with Crippen molar-refractivity contribution < 1.29 is 9.53 Å². The van der Waals surface area contributed by atoms with E-state index in [1.165, 1.54) is 6.08 Å². The number of carbonyl (C=O) groups is 1. The molecule has 1 atom stereocenters. The molecule has 1 amide bonds. The Kier molecular flexibility index (Phi) is 8.74. The molecule has 7 heteroatoms. The van der Waals surface area contributed by atoms with Crippen molar-refractivity contribution in [2.24, 2.45) is 0 Å². The van der Waals surface area contributed by atoms with Crippen LogP contribution in [0.3, 0.4) is 0 Å². The number of rotatable bonds is 7. The van der Waals surface area contributed by atoms with Crippen LogP contribution in [0.15, 0.2) is 76.8 Å². The van der Waals surface area contributed by atoms with Crippen LogP contribution in [-0.4, -0.2) is 5.91 Å². The minimum atomic E-state index is -0.449. The van der Waals surface area contributed by atoms with Crippen LogP contribution in [-0.2, 0) is 11.4 Å². The number of benzene rings is 3. The summed E-state index contributed by atoms with van der Waals surface area (Å²) in [6.07, 6.45) is 1.51. The smallest absolute Gasteiger partial charge is 0.262 e. The maximum absolute atomic E-state index is 12.6. The van der Waals surface area contributed by atoms with Gasteiger partial charge in [-0.25, -0.2) is 0 Å². The highest BCUT2D eigenvalue weighted by Gasteiger charge is 2.15. The van der Waals surface area contributed by atoms with Gasteiger partial charge < -0.3 is 10.1 Å². The third kappa shape index (κ3) is 6.58. The summed E-state index contributed by atoms with van der Waals surface area (Å²) >= 11 is 12.2. The van der Waals surface area contributed by atoms with Gasteiger partial charge in [-0.05, 0) is 92.5 Å². The van der Waals surface area contributed by atoms with E-state index in [1.54, 1.807) is 12.1 Å². The van der Waals surface area contributed by atoms with E-state index in [1.807, 2.05) is 67.6 Å². The number of nitrogens with one attached hydrogen (secondary N) is 1. The molecule has 3 aromatic carbocycles. The fraction of sp³-hybridized carbons (Fsp3) is 0.120. The minimum absolute atomic E-state index is 0.0108. The van der Waals surface area contributed by atoms with Crippen molar-refractivity contribution in [3.8, 4) is 11.8 Å². The Morgan fingerprint density at radius 2 is 1.91 bits per heavy atom. The molecule has 0 aliphatic heterocycles. The molecule has 0 bridgehead atoms. The van der Waals surface area contributed by atoms with E-state index in [4.69, 9.17) is 16.3 Å². The molecule has 3 rings (SSSR count). The number of hydrogen-bond donors (Lipinski definition) is 1. The number of ether oxygens (including phenoxy) is 1. The van der Waals surface area contributed by atoms with Gasteiger partial charge in [0.15, 0.2) is 5.75 Å². The van der Waals surface area contributed by atoms with E-state index in [0.717, 1.165) is 14.7 Å². The van der Waals surface area contributed by atoms with E-state index in [2.05, 4.69) is 43.8 Å². The van der Waals surface area contributed by atoms with Crippen LogP contribution in [0.5, 0.6) is 5.75 Å². The first-order valence-electron chi connectivity index (χ1n) is 9.71. The Morgan fingerprint density at radius 1 is 1.22 bits per heavy atom. The molecule has 4 nitrogen and oxygen atoms in total. The molecule has 1 N–H and O–H groups in total. The third-order valence-electron chi connectivity index (χ3n) is 4.64. The molecule has 0 saturated carbocycles. The highest BCUT2D eigenvalue weighted by molar-refractivity contribution is 14.1. The van der Waals surface area contributed by atoms with Gasteiger partial charge in [0.2, 0.25) is 0 Å². The van der Waals surface area contributed by atoms with Crippen molar-refractivity contribution in [3.63, 3.8) is 0 Å². The Morgan fingerprint density at radius 3 is 2.53 bits per heavy atom. The average molecular weight is 622 g/mol. The van der Waals surface area contributed by atoms with Gasteiger partial charge in [-0.2, -0.15) is 5.26 Å². The van der Waals surface area contributed by atoms with E-state index >= 15 is 0 Å². The van der Waals surface area contributed by atoms with E-state index in [-0.39, 0.29) is 11.6 Å². The number of amides is 1. The quantitative estimate of drug-likeness (QED) is 0.174. The standard InChI is InChI=1S/C25H19BrClIN2O2/c1-16(19-5-3-2-4-6-19)30-25(31)20(14-29)11-18-12-22(26)24(23(27)13-18)32-15-17-7-9-21(28)10-8-17/h2-13,16H,15H2,1H3,(H,30,31)/b20-11-/t16-/m1/s1. The summed E-state index contributed by atoms with van der Waals surface area (Å²) in [5.74, 6) is 0.0539. The molecule has 0 spiro atoms. The molecular formula is C25H19BrClIN2O2. The van der Waals surface area contributed by atoms with Crippen LogP contribution >= 0.6 is 50.1 Å². The van der Waals surface area contributed by atoms with Gasteiger partial charge in [-0.1, -0.05) is 54.1 Å². The first kappa shape index (κ1) is 24.3. The van der Waals surface area contributed by atoms with Crippen LogP contribution in [0.2, 0.25) is 5.02 Å². The van der Waals surface area contributed by atoms with Crippen molar-refractivity contribution in [2.45, 2.75) is 19.6 Å². The van der Waals surface area contributed by atoms with Gasteiger partial charge in [-0.15, -0.1) is 0 Å². The molecule has 0 radical (unpaired) electrons. The summed E-state index contributed by atoms with van der Waals surface area (Å²) in [4.78, 5) is 12.6. The van der Waals surface area contributed by atoms with Gasteiger partial charge in [-0.3, -0.25) is 4.79 Å². The van der Waals surface area contributed by atoms with Gasteiger partial charge in [0, 0.05) is 3.57 Å². The molecule has 0 heterocycles. The average Bonchev–Trinajstić information content (AvgIpc) is 2.78. The Bertz CT molecular complexity index is 1150. The van der Waals surface area contributed by atoms with E-state index in [9.17, 15) is 10.1 Å². The van der Waals surface area contributed by atoms with Gasteiger partial charge in [0.05, 0.1) is 15.5 Å². The normalized spacial score (nSPS) is 12.0. The van der Waals surface area contributed by atoms with Gasteiger partial charge in [0.25, 0.3) is 5.91 Å². The zero-order chi connectivity index (χ0) is 23.1. The number of hydrogen-bond acceptors (Lipinski definition) is 3. The number of carbonyl (C=O) groups excluding carboxylic acids is 1. The Hall–Kier alpha value is -2.34. The zero-order valence-electron chi connectivity index (χ0n) is 17.1. The third-order valence-corrected chi connectivity index (χ3v) is 6.23. The maximum atomic E-state index is 12.6.